The molecule has 0 saturated heterocycles. The first-order valence-corrected chi connectivity index (χ1v) is 5.72. The smallest absolute Gasteiger partial charge is 0.176 e. The van der Waals surface area contributed by atoms with Gasteiger partial charge in [-0.1, -0.05) is 30.3 Å². The van der Waals surface area contributed by atoms with Crippen LogP contribution in [0.3, 0.4) is 0 Å². The highest BCUT2D eigenvalue weighted by Gasteiger charge is 2.01. The molecule has 2 rings (SSSR count). The first-order valence-electron chi connectivity index (χ1n) is 5.72. The predicted molar refractivity (Wildman–Crippen MR) is 65.3 cm³/mol. The molecule has 0 fully saturated rings. The van der Waals surface area contributed by atoms with E-state index in [0.29, 0.717) is 0 Å². The van der Waals surface area contributed by atoms with Gasteiger partial charge in [-0.15, -0.1) is 0 Å². The zero-order valence-electron chi connectivity index (χ0n) is 9.90. The molecule has 0 amide bonds. The highest BCUT2D eigenvalue weighted by atomic mass is 15.0. The van der Waals surface area contributed by atoms with Gasteiger partial charge in [-0.2, -0.15) is 0 Å². The topological polar surface area (TPSA) is 17.8 Å². The highest BCUT2D eigenvalue weighted by molar-refractivity contribution is 5.14. The SMILES string of the molecule is Cc1n[c]n(CCCc2ccccc2)c1C. The van der Waals surface area contributed by atoms with Crippen LogP contribution in [-0.2, 0) is 13.0 Å². The normalized spacial score (nSPS) is 10.6. The molecule has 0 bridgehead atoms. The third kappa shape index (κ3) is 2.51. The summed E-state index contributed by atoms with van der Waals surface area (Å²) < 4.78 is 2.11. The molecular weight excluding hydrogens is 196 g/mol. The van der Waals surface area contributed by atoms with Crippen LogP contribution in [0.15, 0.2) is 30.3 Å². The lowest BCUT2D eigenvalue weighted by atomic mass is 10.1. The van der Waals surface area contributed by atoms with Crippen LogP contribution in [0.25, 0.3) is 0 Å². The lowest BCUT2D eigenvalue weighted by Gasteiger charge is -2.04. The summed E-state index contributed by atoms with van der Waals surface area (Å²) in [6.07, 6.45) is 5.28. The summed E-state index contributed by atoms with van der Waals surface area (Å²) in [6, 6.07) is 10.6. The van der Waals surface area contributed by atoms with Crippen molar-refractivity contribution in [3.63, 3.8) is 0 Å². The molecule has 0 aliphatic heterocycles. The van der Waals surface area contributed by atoms with Gasteiger partial charge in [0.25, 0.3) is 0 Å². The standard InChI is InChI=1S/C14H17N2/c1-12-13(2)16(11-15-12)10-6-9-14-7-4-3-5-8-14/h3-5,7-8H,6,9-10H2,1-2H3. The van der Waals surface area contributed by atoms with Crippen molar-refractivity contribution < 1.29 is 0 Å². The fourth-order valence-electron chi connectivity index (χ4n) is 1.79. The van der Waals surface area contributed by atoms with Crippen molar-refractivity contribution in [1.29, 1.82) is 0 Å². The molecule has 1 aromatic heterocycles. The fraction of sp³-hybridized carbons (Fsp3) is 0.357. The van der Waals surface area contributed by atoms with Crippen LogP contribution < -0.4 is 0 Å². The van der Waals surface area contributed by atoms with Gasteiger partial charge in [-0.3, -0.25) is 0 Å². The van der Waals surface area contributed by atoms with Crippen LogP contribution >= 0.6 is 0 Å². The zero-order chi connectivity index (χ0) is 11.4. The van der Waals surface area contributed by atoms with Crippen molar-refractivity contribution in [3.8, 4) is 0 Å². The Kier molecular flexibility index (Phi) is 3.40. The van der Waals surface area contributed by atoms with Crippen LogP contribution in [0, 0.1) is 20.2 Å². The molecule has 1 radical (unpaired) electrons. The van der Waals surface area contributed by atoms with E-state index < -0.39 is 0 Å². The third-order valence-corrected chi connectivity index (χ3v) is 2.96. The molecule has 0 atom stereocenters. The average molecular weight is 213 g/mol. The second-order valence-electron chi connectivity index (χ2n) is 4.12. The van der Waals surface area contributed by atoms with Crippen molar-refractivity contribution in [1.82, 2.24) is 9.55 Å². The van der Waals surface area contributed by atoms with Crippen LogP contribution in [-0.4, -0.2) is 9.55 Å². The minimum Gasteiger partial charge on any atom is -0.326 e. The molecule has 0 spiro atoms. The van der Waals surface area contributed by atoms with Gasteiger partial charge in [0.15, 0.2) is 6.33 Å². The van der Waals surface area contributed by atoms with Gasteiger partial charge in [-0.25, -0.2) is 4.98 Å². The zero-order valence-corrected chi connectivity index (χ0v) is 9.90. The van der Waals surface area contributed by atoms with Crippen LogP contribution in [0.4, 0.5) is 0 Å². The number of nitrogens with zero attached hydrogens (tertiary/aromatic N) is 2. The molecule has 2 heteroatoms. The first-order chi connectivity index (χ1) is 7.77. The maximum atomic E-state index is 4.18. The number of hydrogen-bond donors (Lipinski definition) is 0. The Hall–Kier alpha value is -1.57. The molecule has 0 aliphatic rings. The fourth-order valence-corrected chi connectivity index (χ4v) is 1.79. The van der Waals surface area contributed by atoms with Crippen molar-refractivity contribution in [2.75, 3.05) is 0 Å². The number of aromatic nitrogens is 2. The minimum absolute atomic E-state index is 1.00. The number of imidazole rings is 1. The van der Waals surface area contributed by atoms with E-state index in [9.17, 15) is 0 Å². The Morgan fingerprint density at radius 1 is 1.19 bits per heavy atom. The van der Waals surface area contributed by atoms with Gasteiger partial charge in [0, 0.05) is 12.2 Å². The molecule has 1 heterocycles. The second kappa shape index (κ2) is 4.97. The Labute approximate surface area is 97.0 Å². The molecule has 1 aromatic carbocycles. The summed E-state index contributed by atoms with van der Waals surface area (Å²) in [4.78, 5) is 4.18. The van der Waals surface area contributed by atoms with E-state index in [4.69, 9.17) is 0 Å². The van der Waals surface area contributed by atoms with Gasteiger partial charge in [0.1, 0.15) is 0 Å². The Balaban J connectivity index is 1.87. The Morgan fingerprint density at radius 3 is 2.56 bits per heavy atom. The molecular formula is C14H17N2. The van der Waals surface area contributed by atoms with Crippen molar-refractivity contribution in [3.05, 3.63) is 53.6 Å². The van der Waals surface area contributed by atoms with E-state index >= 15 is 0 Å². The van der Waals surface area contributed by atoms with Crippen LogP contribution in [0.1, 0.15) is 23.4 Å². The summed E-state index contributed by atoms with van der Waals surface area (Å²) in [5, 5.41) is 0. The minimum atomic E-state index is 1.00. The van der Waals surface area contributed by atoms with E-state index in [1.807, 2.05) is 6.92 Å². The monoisotopic (exact) mass is 213 g/mol. The lowest BCUT2D eigenvalue weighted by molar-refractivity contribution is 0.624. The molecule has 2 aromatic rings. The summed E-state index contributed by atoms with van der Waals surface area (Å²) >= 11 is 0. The van der Waals surface area contributed by atoms with Crippen LogP contribution in [0.2, 0.25) is 0 Å². The van der Waals surface area contributed by atoms with Gasteiger partial charge in [-0.05, 0) is 32.3 Å². The molecule has 0 aliphatic carbocycles. The lowest BCUT2D eigenvalue weighted by Crippen LogP contribution is -2.00. The summed E-state index contributed by atoms with van der Waals surface area (Å²) in [6.45, 7) is 5.13. The number of hydrogen-bond acceptors (Lipinski definition) is 1. The van der Waals surface area contributed by atoms with E-state index in [0.717, 1.165) is 25.1 Å². The average Bonchev–Trinajstić information content (AvgIpc) is 2.62. The van der Waals surface area contributed by atoms with Crippen LogP contribution in [0.5, 0.6) is 0 Å². The van der Waals surface area contributed by atoms with Gasteiger partial charge < -0.3 is 4.57 Å². The van der Waals surface area contributed by atoms with Crippen molar-refractivity contribution in [2.24, 2.45) is 0 Å². The first kappa shape index (κ1) is 10.9. The van der Waals surface area contributed by atoms with Crippen molar-refractivity contribution in [2.45, 2.75) is 33.2 Å². The summed E-state index contributed by atoms with van der Waals surface area (Å²) in [5.74, 6) is 0. The Morgan fingerprint density at radius 2 is 1.94 bits per heavy atom. The number of benzene rings is 1. The largest absolute Gasteiger partial charge is 0.326 e. The van der Waals surface area contributed by atoms with E-state index in [1.165, 1.54) is 11.3 Å². The molecule has 16 heavy (non-hydrogen) atoms. The molecule has 0 saturated carbocycles. The quantitative estimate of drug-likeness (QED) is 0.763. The number of rotatable bonds is 4. The van der Waals surface area contributed by atoms with Crippen molar-refractivity contribution >= 4 is 0 Å². The van der Waals surface area contributed by atoms with Gasteiger partial charge in [0.2, 0.25) is 0 Å². The second-order valence-corrected chi connectivity index (χ2v) is 4.12. The van der Waals surface area contributed by atoms with Gasteiger partial charge >= 0.3 is 0 Å². The van der Waals surface area contributed by atoms with Gasteiger partial charge in [0.05, 0.1) is 5.69 Å². The molecule has 0 unspecified atom stereocenters. The summed E-state index contributed by atoms with van der Waals surface area (Å²) in [7, 11) is 0. The summed E-state index contributed by atoms with van der Waals surface area (Å²) in [5.41, 5.74) is 3.71. The third-order valence-electron chi connectivity index (χ3n) is 2.96. The van der Waals surface area contributed by atoms with E-state index in [-0.39, 0.29) is 0 Å². The maximum Gasteiger partial charge on any atom is 0.176 e. The number of aryl methyl sites for hydroxylation is 3. The molecule has 0 N–H and O–H groups in total. The molecule has 83 valence electrons. The van der Waals surface area contributed by atoms with E-state index in [1.54, 1.807) is 0 Å². The maximum absolute atomic E-state index is 4.18. The highest BCUT2D eigenvalue weighted by Crippen LogP contribution is 2.07. The molecule has 2 nitrogen and oxygen atoms in total. The Bertz CT molecular complexity index is 443. The van der Waals surface area contributed by atoms with E-state index in [2.05, 4.69) is 53.1 Å². The predicted octanol–water partition coefficient (Wildman–Crippen LogP) is 2.93.